The van der Waals surface area contributed by atoms with Crippen LogP contribution in [0.3, 0.4) is 0 Å². The SMILES string of the molecule is Cc1ccc2c(c1)nc(N)c1ncc(CCCCCCC(=O)O)cc12. The number of rotatable bonds is 7. The number of pyridine rings is 2. The molecule has 0 unspecified atom stereocenters. The van der Waals surface area contributed by atoms with E-state index in [0.29, 0.717) is 5.82 Å². The van der Waals surface area contributed by atoms with Crippen molar-refractivity contribution in [3.63, 3.8) is 0 Å². The van der Waals surface area contributed by atoms with Gasteiger partial charge in [0.25, 0.3) is 0 Å². The van der Waals surface area contributed by atoms with Crippen molar-refractivity contribution in [2.24, 2.45) is 0 Å². The van der Waals surface area contributed by atoms with Gasteiger partial charge in [0.2, 0.25) is 0 Å². The van der Waals surface area contributed by atoms with Gasteiger partial charge in [-0.2, -0.15) is 0 Å². The first kappa shape index (κ1) is 17.1. The first-order valence-corrected chi connectivity index (χ1v) is 8.71. The zero-order chi connectivity index (χ0) is 17.8. The number of unbranched alkanes of at least 4 members (excludes halogenated alkanes) is 3. The maximum atomic E-state index is 10.5. The second-order valence-electron chi connectivity index (χ2n) is 6.57. The topological polar surface area (TPSA) is 89.1 Å². The summed E-state index contributed by atoms with van der Waals surface area (Å²) in [5.74, 6) is -0.250. The summed E-state index contributed by atoms with van der Waals surface area (Å²) in [6, 6.07) is 8.36. The third kappa shape index (κ3) is 4.05. The van der Waals surface area contributed by atoms with Crippen LogP contribution < -0.4 is 5.73 Å². The summed E-state index contributed by atoms with van der Waals surface area (Å²) in [7, 11) is 0. The number of carbonyl (C=O) groups is 1. The predicted molar refractivity (Wildman–Crippen MR) is 101 cm³/mol. The molecule has 2 heterocycles. The molecule has 0 radical (unpaired) electrons. The Kier molecular flexibility index (Phi) is 5.12. The Balaban J connectivity index is 1.77. The molecule has 2 aromatic heterocycles. The van der Waals surface area contributed by atoms with Crippen LogP contribution in [0, 0.1) is 6.92 Å². The van der Waals surface area contributed by atoms with E-state index in [2.05, 4.69) is 28.2 Å². The van der Waals surface area contributed by atoms with Crippen molar-refractivity contribution in [3.8, 4) is 0 Å². The van der Waals surface area contributed by atoms with E-state index in [1.54, 1.807) is 0 Å². The molecule has 5 heteroatoms. The average molecular weight is 337 g/mol. The number of hydrogen-bond acceptors (Lipinski definition) is 4. The lowest BCUT2D eigenvalue weighted by molar-refractivity contribution is -0.137. The van der Waals surface area contributed by atoms with Gasteiger partial charge in [-0.3, -0.25) is 9.78 Å². The zero-order valence-electron chi connectivity index (χ0n) is 14.5. The van der Waals surface area contributed by atoms with Crippen LogP contribution in [-0.2, 0) is 11.2 Å². The summed E-state index contributed by atoms with van der Waals surface area (Å²) in [4.78, 5) is 19.5. The van der Waals surface area contributed by atoms with E-state index in [1.807, 2.05) is 19.2 Å². The molecular weight excluding hydrogens is 314 g/mol. The maximum Gasteiger partial charge on any atom is 0.303 e. The number of anilines is 1. The third-order valence-electron chi connectivity index (χ3n) is 4.48. The quantitative estimate of drug-likeness (QED) is 0.497. The van der Waals surface area contributed by atoms with Crippen LogP contribution in [0.15, 0.2) is 30.5 Å². The Hall–Kier alpha value is -2.69. The highest BCUT2D eigenvalue weighted by molar-refractivity contribution is 6.08. The lowest BCUT2D eigenvalue weighted by Crippen LogP contribution is -1.97. The van der Waals surface area contributed by atoms with Gasteiger partial charge >= 0.3 is 5.97 Å². The molecule has 0 aliphatic rings. The van der Waals surface area contributed by atoms with E-state index in [9.17, 15) is 4.79 Å². The van der Waals surface area contributed by atoms with Gasteiger partial charge in [0, 0.05) is 23.4 Å². The molecule has 3 N–H and O–H groups in total. The molecule has 0 aliphatic carbocycles. The van der Waals surface area contributed by atoms with Crippen LogP contribution in [0.2, 0.25) is 0 Å². The number of nitrogens with zero attached hydrogens (tertiary/aromatic N) is 2. The highest BCUT2D eigenvalue weighted by Gasteiger charge is 2.09. The normalized spacial score (nSPS) is 11.2. The number of carboxylic acid groups (broad SMARTS) is 1. The van der Waals surface area contributed by atoms with E-state index in [0.717, 1.165) is 59.5 Å². The van der Waals surface area contributed by atoms with Crippen molar-refractivity contribution < 1.29 is 9.90 Å². The third-order valence-corrected chi connectivity index (χ3v) is 4.48. The van der Waals surface area contributed by atoms with Crippen LogP contribution in [0.4, 0.5) is 5.82 Å². The minimum absolute atomic E-state index is 0.259. The van der Waals surface area contributed by atoms with Gasteiger partial charge in [-0.15, -0.1) is 0 Å². The van der Waals surface area contributed by atoms with Gasteiger partial charge < -0.3 is 10.8 Å². The van der Waals surface area contributed by atoms with Gasteiger partial charge in [-0.25, -0.2) is 4.98 Å². The lowest BCUT2D eigenvalue weighted by Gasteiger charge is -2.09. The Bertz CT molecular complexity index is 922. The molecule has 0 atom stereocenters. The highest BCUT2D eigenvalue weighted by Crippen LogP contribution is 2.28. The number of nitrogen functional groups attached to an aromatic ring is 1. The summed E-state index contributed by atoms with van der Waals surface area (Å²) in [6.07, 6.45) is 6.83. The van der Waals surface area contributed by atoms with Gasteiger partial charge in [0.15, 0.2) is 5.82 Å². The minimum Gasteiger partial charge on any atom is -0.481 e. The zero-order valence-corrected chi connectivity index (χ0v) is 14.5. The van der Waals surface area contributed by atoms with E-state index < -0.39 is 5.97 Å². The van der Waals surface area contributed by atoms with Crippen molar-refractivity contribution in [2.45, 2.75) is 45.4 Å². The number of aryl methyl sites for hydroxylation is 2. The number of aliphatic carboxylic acids is 1. The van der Waals surface area contributed by atoms with Gasteiger partial charge in [-0.05, 0) is 49.4 Å². The van der Waals surface area contributed by atoms with E-state index in [-0.39, 0.29) is 6.42 Å². The summed E-state index contributed by atoms with van der Waals surface area (Å²) >= 11 is 0. The fraction of sp³-hybridized carbons (Fsp3) is 0.350. The lowest BCUT2D eigenvalue weighted by atomic mass is 10.0. The Morgan fingerprint density at radius 3 is 2.72 bits per heavy atom. The Morgan fingerprint density at radius 2 is 1.92 bits per heavy atom. The first-order chi connectivity index (χ1) is 12.0. The molecule has 130 valence electrons. The fourth-order valence-corrected chi connectivity index (χ4v) is 3.16. The summed E-state index contributed by atoms with van der Waals surface area (Å²) in [5.41, 5.74) is 10.1. The van der Waals surface area contributed by atoms with Crippen molar-refractivity contribution in [2.75, 3.05) is 5.73 Å². The number of fused-ring (bicyclic) bond motifs is 3. The molecule has 0 bridgehead atoms. The van der Waals surface area contributed by atoms with Gasteiger partial charge in [0.05, 0.1) is 5.52 Å². The molecule has 3 aromatic rings. The monoisotopic (exact) mass is 337 g/mol. The maximum absolute atomic E-state index is 10.5. The van der Waals surface area contributed by atoms with Crippen molar-refractivity contribution in [1.82, 2.24) is 9.97 Å². The molecule has 1 aromatic carbocycles. The average Bonchev–Trinajstić information content (AvgIpc) is 2.57. The predicted octanol–water partition coefficient (Wildman–Crippen LogP) is 4.25. The number of carboxylic acids is 1. The number of aromatic nitrogens is 2. The second kappa shape index (κ2) is 7.47. The standard InChI is InChI=1S/C20H23N3O2/c1-13-8-9-15-16-11-14(6-4-2-3-5-7-18(24)25)12-22-19(16)20(21)23-17(15)10-13/h8-12H,2-7H2,1H3,(H2,21,23)(H,24,25). The van der Waals surface area contributed by atoms with Crippen LogP contribution in [-0.4, -0.2) is 21.0 Å². The molecule has 5 nitrogen and oxygen atoms in total. The van der Waals surface area contributed by atoms with Crippen LogP contribution >= 0.6 is 0 Å². The number of benzene rings is 1. The van der Waals surface area contributed by atoms with Crippen molar-refractivity contribution in [3.05, 3.63) is 41.6 Å². The molecular formula is C20H23N3O2. The Labute approximate surface area is 146 Å². The van der Waals surface area contributed by atoms with Crippen molar-refractivity contribution in [1.29, 1.82) is 0 Å². The summed E-state index contributed by atoms with van der Waals surface area (Å²) in [5, 5.41) is 10.8. The van der Waals surface area contributed by atoms with Crippen LogP contribution in [0.1, 0.15) is 43.2 Å². The molecule has 0 spiro atoms. The summed E-state index contributed by atoms with van der Waals surface area (Å²) in [6.45, 7) is 2.04. The van der Waals surface area contributed by atoms with Crippen LogP contribution in [0.5, 0.6) is 0 Å². The molecule has 25 heavy (non-hydrogen) atoms. The van der Waals surface area contributed by atoms with Crippen LogP contribution in [0.25, 0.3) is 21.8 Å². The highest BCUT2D eigenvalue weighted by atomic mass is 16.4. The fourth-order valence-electron chi connectivity index (χ4n) is 3.16. The number of hydrogen-bond donors (Lipinski definition) is 2. The molecule has 0 saturated heterocycles. The molecule has 0 amide bonds. The summed E-state index contributed by atoms with van der Waals surface area (Å²) < 4.78 is 0. The Morgan fingerprint density at radius 1 is 1.12 bits per heavy atom. The largest absolute Gasteiger partial charge is 0.481 e. The van der Waals surface area contributed by atoms with Crippen molar-refractivity contribution >= 4 is 33.6 Å². The minimum atomic E-state index is -0.716. The molecule has 0 aliphatic heterocycles. The second-order valence-corrected chi connectivity index (χ2v) is 6.57. The van der Waals surface area contributed by atoms with Gasteiger partial charge in [-0.1, -0.05) is 25.0 Å². The molecule has 0 saturated carbocycles. The first-order valence-electron chi connectivity index (χ1n) is 8.71. The van der Waals surface area contributed by atoms with Gasteiger partial charge in [0.1, 0.15) is 5.52 Å². The van der Waals surface area contributed by atoms with E-state index in [1.165, 1.54) is 5.56 Å². The van der Waals surface area contributed by atoms with E-state index in [4.69, 9.17) is 10.8 Å². The number of nitrogens with two attached hydrogens (primary N) is 1. The molecule has 3 rings (SSSR count). The molecule has 0 fully saturated rings. The van der Waals surface area contributed by atoms with E-state index >= 15 is 0 Å². The smallest absolute Gasteiger partial charge is 0.303 e.